The largest absolute Gasteiger partial charge is 0.272 e. The zero-order valence-corrected chi connectivity index (χ0v) is 8.17. The molecule has 0 saturated carbocycles. The fraction of sp³-hybridized carbons (Fsp3) is 0.200. The van der Waals surface area contributed by atoms with Crippen LogP contribution in [-0.4, -0.2) is 12.5 Å². The molecule has 1 aromatic rings. The summed E-state index contributed by atoms with van der Waals surface area (Å²) in [6, 6.07) is 4.04. The molecule has 1 atom stereocenters. The first-order valence-electron chi connectivity index (χ1n) is 4.61. The van der Waals surface area contributed by atoms with Gasteiger partial charge in [0.15, 0.2) is 0 Å². The number of carbonyl (C=O) groups is 1. The number of hydrogen-bond donors (Lipinski definition) is 0. The van der Waals surface area contributed by atoms with Crippen LogP contribution in [0.15, 0.2) is 28.3 Å². The van der Waals surface area contributed by atoms with E-state index in [4.69, 9.17) is 5.53 Å². The highest BCUT2D eigenvalue weighted by atomic mass is 19.1. The van der Waals surface area contributed by atoms with Gasteiger partial charge >= 0.3 is 0 Å². The van der Waals surface area contributed by atoms with E-state index in [-0.39, 0.29) is 6.54 Å². The number of azide groups is 1. The van der Waals surface area contributed by atoms with Crippen molar-refractivity contribution >= 4 is 12.0 Å². The molecule has 80 valence electrons. The van der Waals surface area contributed by atoms with Crippen LogP contribution < -0.4 is 10.6 Å². The molecule has 1 unspecified atom stereocenters. The lowest BCUT2D eigenvalue weighted by atomic mass is 10.0. The number of fused-ring (bicyclic) bond motifs is 1. The van der Waals surface area contributed by atoms with Crippen molar-refractivity contribution in [2.24, 2.45) is 16.0 Å². The van der Waals surface area contributed by atoms with Gasteiger partial charge in [0.25, 0.3) is 5.91 Å². The summed E-state index contributed by atoms with van der Waals surface area (Å²) in [7, 11) is 0. The van der Waals surface area contributed by atoms with E-state index in [2.05, 4.69) is 15.0 Å². The molecule has 0 radical (unpaired) electrons. The third-order valence-corrected chi connectivity index (χ3v) is 2.26. The number of rotatable bonds is 2. The van der Waals surface area contributed by atoms with Crippen LogP contribution in [0.1, 0.15) is 0 Å². The number of benzene rings is 1. The van der Waals surface area contributed by atoms with Gasteiger partial charge < -0.3 is 0 Å². The summed E-state index contributed by atoms with van der Waals surface area (Å²) in [4.78, 5) is 17.8. The van der Waals surface area contributed by atoms with Gasteiger partial charge in [-0.25, -0.2) is 9.38 Å². The molecule has 6 heteroatoms. The molecular weight excluding hydrogens is 211 g/mol. The Kier molecular flexibility index (Phi) is 2.66. The Balaban J connectivity index is 2.49. The van der Waals surface area contributed by atoms with Crippen molar-refractivity contribution in [2.75, 3.05) is 6.54 Å². The van der Waals surface area contributed by atoms with Crippen LogP contribution in [0.25, 0.3) is 16.5 Å². The van der Waals surface area contributed by atoms with Crippen molar-refractivity contribution < 1.29 is 9.18 Å². The van der Waals surface area contributed by atoms with Gasteiger partial charge in [-0.05, 0) is 16.8 Å². The van der Waals surface area contributed by atoms with E-state index >= 15 is 0 Å². The molecule has 0 spiro atoms. The number of halogens is 1. The SMILES string of the molecule is [N-]=[N+]=NCC1C=c2ccc(F)cc2=NC1=O. The monoisotopic (exact) mass is 218 g/mol. The van der Waals surface area contributed by atoms with E-state index in [0.29, 0.717) is 10.6 Å². The molecule has 5 nitrogen and oxygen atoms in total. The quantitative estimate of drug-likeness (QED) is 0.408. The lowest BCUT2D eigenvalue weighted by Gasteiger charge is -2.08. The number of carbonyl (C=O) groups excluding carboxylic acids is 1. The molecule has 1 amide bonds. The summed E-state index contributed by atoms with van der Waals surface area (Å²) in [6.45, 7) is 0.0374. The van der Waals surface area contributed by atoms with Crippen LogP contribution in [0.3, 0.4) is 0 Å². The summed E-state index contributed by atoms with van der Waals surface area (Å²) < 4.78 is 12.9. The maximum Gasteiger partial charge on any atom is 0.253 e. The van der Waals surface area contributed by atoms with E-state index in [1.807, 2.05) is 0 Å². The molecule has 2 rings (SSSR count). The Morgan fingerprint density at radius 2 is 2.38 bits per heavy atom. The highest BCUT2D eigenvalue weighted by Gasteiger charge is 2.17. The van der Waals surface area contributed by atoms with Crippen LogP contribution >= 0.6 is 0 Å². The smallest absolute Gasteiger partial charge is 0.253 e. The summed E-state index contributed by atoms with van der Waals surface area (Å²) in [5.41, 5.74) is 8.17. The van der Waals surface area contributed by atoms with Crippen molar-refractivity contribution in [3.8, 4) is 0 Å². The maximum absolute atomic E-state index is 12.9. The Hall–Kier alpha value is -2.20. The second-order valence-corrected chi connectivity index (χ2v) is 3.34. The maximum atomic E-state index is 12.9. The normalized spacial score (nSPS) is 17.8. The number of hydrogen-bond acceptors (Lipinski definition) is 2. The summed E-state index contributed by atoms with van der Waals surface area (Å²) in [5.74, 6) is -1.39. The molecule has 0 N–H and O–H groups in total. The zero-order valence-electron chi connectivity index (χ0n) is 8.17. The predicted octanol–water partition coefficient (Wildman–Crippen LogP) is 0.693. The van der Waals surface area contributed by atoms with E-state index in [0.717, 1.165) is 0 Å². The molecule has 0 aliphatic carbocycles. The predicted molar refractivity (Wildman–Crippen MR) is 54.2 cm³/mol. The Morgan fingerprint density at radius 1 is 1.56 bits per heavy atom. The van der Waals surface area contributed by atoms with Crippen LogP contribution in [-0.2, 0) is 4.79 Å². The average Bonchev–Trinajstić information content (AvgIpc) is 2.26. The topological polar surface area (TPSA) is 78.2 Å². The van der Waals surface area contributed by atoms with Gasteiger partial charge in [0.05, 0.1) is 11.3 Å². The highest BCUT2D eigenvalue weighted by molar-refractivity contribution is 5.86. The van der Waals surface area contributed by atoms with Gasteiger partial charge in [-0.15, -0.1) is 0 Å². The van der Waals surface area contributed by atoms with E-state index in [1.165, 1.54) is 12.1 Å². The molecule has 1 aliphatic heterocycles. The van der Waals surface area contributed by atoms with Gasteiger partial charge in [0, 0.05) is 17.5 Å². The molecule has 1 heterocycles. The Morgan fingerprint density at radius 3 is 3.12 bits per heavy atom. The second-order valence-electron chi connectivity index (χ2n) is 3.34. The van der Waals surface area contributed by atoms with Gasteiger partial charge in [-0.2, -0.15) is 0 Å². The molecule has 1 aliphatic rings. The molecule has 0 aromatic heterocycles. The molecule has 16 heavy (non-hydrogen) atoms. The number of amides is 1. The lowest BCUT2D eigenvalue weighted by molar-refractivity contribution is -0.119. The van der Waals surface area contributed by atoms with E-state index < -0.39 is 17.6 Å². The van der Waals surface area contributed by atoms with Gasteiger partial charge in [0.1, 0.15) is 5.82 Å². The standard InChI is InChI=1S/C10H7FN4O/c11-8-2-1-6-3-7(5-13-15-12)10(16)14-9(6)4-8/h1-4,7H,5H2. The molecule has 1 aromatic carbocycles. The summed E-state index contributed by atoms with van der Waals surface area (Å²) in [6.07, 6.45) is 1.64. The minimum atomic E-state index is -0.547. The van der Waals surface area contributed by atoms with E-state index in [9.17, 15) is 9.18 Å². The third kappa shape index (κ3) is 1.92. The first-order chi connectivity index (χ1) is 7.70. The minimum absolute atomic E-state index is 0.0374. The molecular formula is C10H7FN4O. The van der Waals surface area contributed by atoms with E-state index in [1.54, 1.807) is 12.1 Å². The Bertz CT molecular complexity index is 604. The zero-order chi connectivity index (χ0) is 11.5. The van der Waals surface area contributed by atoms with Crippen molar-refractivity contribution in [1.29, 1.82) is 0 Å². The summed E-state index contributed by atoms with van der Waals surface area (Å²) >= 11 is 0. The van der Waals surface area contributed by atoms with Gasteiger partial charge in [-0.1, -0.05) is 17.3 Å². The fourth-order valence-corrected chi connectivity index (χ4v) is 1.50. The second kappa shape index (κ2) is 4.12. The van der Waals surface area contributed by atoms with Crippen LogP contribution in [0.4, 0.5) is 4.39 Å². The minimum Gasteiger partial charge on any atom is -0.272 e. The third-order valence-electron chi connectivity index (χ3n) is 2.26. The van der Waals surface area contributed by atoms with Crippen LogP contribution in [0.5, 0.6) is 0 Å². The highest BCUT2D eigenvalue weighted by Crippen LogP contribution is 2.05. The van der Waals surface area contributed by atoms with Crippen molar-refractivity contribution in [2.45, 2.75) is 0 Å². The van der Waals surface area contributed by atoms with Crippen molar-refractivity contribution in [1.82, 2.24) is 0 Å². The van der Waals surface area contributed by atoms with Crippen LogP contribution in [0, 0.1) is 11.7 Å². The molecule has 0 bridgehead atoms. The molecule has 0 saturated heterocycles. The number of nitrogens with zero attached hydrogens (tertiary/aromatic N) is 4. The van der Waals surface area contributed by atoms with Crippen molar-refractivity contribution in [3.63, 3.8) is 0 Å². The Labute approximate surface area is 89.6 Å². The molecule has 0 fully saturated rings. The van der Waals surface area contributed by atoms with Crippen molar-refractivity contribution in [3.05, 3.63) is 45.0 Å². The lowest BCUT2D eigenvalue weighted by Crippen LogP contribution is -2.34. The van der Waals surface area contributed by atoms with Gasteiger partial charge in [-0.3, -0.25) is 4.79 Å². The summed E-state index contributed by atoms with van der Waals surface area (Å²) in [5, 5.41) is 4.33. The first-order valence-corrected chi connectivity index (χ1v) is 4.61. The van der Waals surface area contributed by atoms with Gasteiger partial charge in [0.2, 0.25) is 0 Å². The van der Waals surface area contributed by atoms with Crippen LogP contribution in [0.2, 0.25) is 0 Å². The average molecular weight is 218 g/mol. The first kappa shape index (κ1) is 10.3. The fourth-order valence-electron chi connectivity index (χ4n) is 1.50.